The van der Waals surface area contributed by atoms with Gasteiger partial charge in [0.1, 0.15) is 0 Å². The summed E-state index contributed by atoms with van der Waals surface area (Å²) in [6, 6.07) is 12.7. The van der Waals surface area contributed by atoms with E-state index in [2.05, 4.69) is 36.5 Å². The lowest BCUT2D eigenvalue weighted by atomic mass is 9.96. The van der Waals surface area contributed by atoms with Crippen molar-refractivity contribution in [3.05, 3.63) is 64.2 Å². The molecular weight excluding hydrogens is 388 g/mol. The molecule has 1 aliphatic carbocycles. The van der Waals surface area contributed by atoms with Crippen molar-refractivity contribution in [3.8, 4) is 0 Å². The third-order valence-corrected chi connectivity index (χ3v) is 6.17. The van der Waals surface area contributed by atoms with Crippen LogP contribution in [0.1, 0.15) is 65.2 Å². The second-order valence-electron chi connectivity index (χ2n) is 8.51. The van der Waals surface area contributed by atoms with Gasteiger partial charge in [0.25, 0.3) is 5.91 Å². The van der Waals surface area contributed by atoms with Crippen LogP contribution in [0.5, 0.6) is 0 Å². The smallest absolute Gasteiger partial charge is 0.251 e. The number of amides is 2. The normalized spacial score (nSPS) is 13.9. The molecule has 5 heteroatoms. The summed E-state index contributed by atoms with van der Waals surface area (Å²) in [4.78, 5) is 26.8. The summed E-state index contributed by atoms with van der Waals surface area (Å²) in [7, 11) is 1.62. The maximum Gasteiger partial charge on any atom is 0.251 e. The highest BCUT2D eigenvalue weighted by Gasteiger charge is 2.26. The third-order valence-electron chi connectivity index (χ3n) is 6.17. The lowest BCUT2D eigenvalue weighted by Crippen LogP contribution is -2.37. The van der Waals surface area contributed by atoms with Gasteiger partial charge >= 0.3 is 0 Å². The lowest BCUT2D eigenvalue weighted by molar-refractivity contribution is -0.117. The van der Waals surface area contributed by atoms with E-state index in [0.717, 1.165) is 41.6 Å². The molecule has 1 N–H and O–H groups in total. The van der Waals surface area contributed by atoms with E-state index in [1.54, 1.807) is 14.0 Å². The number of carbonyl (C=O) groups excluding carboxylic acids is 2. The van der Waals surface area contributed by atoms with Gasteiger partial charge in [0.2, 0.25) is 5.91 Å². The standard InChI is InChI=1S/C26H34N2O3/c1-18-9-10-21(17-25(18)26(30)27-13-14-31-4)16-22-11-12-24(15-19(22)2)28(20(3)29)23-7-5-6-8-23/h9-12,15,17,23H,5-8,13-14,16H2,1-4H3,(H,27,30). The van der Waals surface area contributed by atoms with Gasteiger partial charge in [0.15, 0.2) is 0 Å². The second kappa shape index (κ2) is 10.6. The molecule has 0 heterocycles. The highest BCUT2D eigenvalue weighted by Crippen LogP contribution is 2.30. The molecule has 31 heavy (non-hydrogen) atoms. The van der Waals surface area contributed by atoms with Crippen molar-refractivity contribution < 1.29 is 14.3 Å². The molecule has 1 aliphatic rings. The minimum atomic E-state index is -0.0721. The molecule has 0 atom stereocenters. The quantitative estimate of drug-likeness (QED) is 0.634. The predicted molar refractivity (Wildman–Crippen MR) is 125 cm³/mol. The van der Waals surface area contributed by atoms with E-state index in [4.69, 9.17) is 4.74 Å². The van der Waals surface area contributed by atoms with E-state index < -0.39 is 0 Å². The first-order valence-electron chi connectivity index (χ1n) is 11.2. The van der Waals surface area contributed by atoms with E-state index in [0.29, 0.717) is 24.8 Å². The van der Waals surface area contributed by atoms with Crippen LogP contribution in [0.2, 0.25) is 0 Å². The van der Waals surface area contributed by atoms with Gasteiger partial charge in [-0.3, -0.25) is 9.59 Å². The first kappa shape index (κ1) is 23.0. The molecule has 0 bridgehead atoms. The number of benzene rings is 2. The number of ether oxygens (including phenoxy) is 1. The van der Waals surface area contributed by atoms with Gasteiger partial charge in [0, 0.05) is 37.9 Å². The highest BCUT2D eigenvalue weighted by molar-refractivity contribution is 5.95. The molecule has 1 fully saturated rings. The average molecular weight is 423 g/mol. The Kier molecular flexibility index (Phi) is 7.85. The molecule has 0 aliphatic heterocycles. The maximum atomic E-state index is 12.5. The lowest BCUT2D eigenvalue weighted by Gasteiger charge is -2.28. The fourth-order valence-corrected chi connectivity index (χ4v) is 4.45. The Morgan fingerprint density at radius 1 is 1.06 bits per heavy atom. The van der Waals surface area contributed by atoms with Crippen LogP contribution in [0, 0.1) is 13.8 Å². The third kappa shape index (κ3) is 5.73. The SMILES string of the molecule is COCCNC(=O)c1cc(Cc2ccc(N(C(C)=O)C3CCCC3)cc2C)ccc1C. The van der Waals surface area contributed by atoms with Crippen LogP contribution < -0.4 is 10.2 Å². The number of hydrogen-bond donors (Lipinski definition) is 1. The minimum Gasteiger partial charge on any atom is -0.383 e. The number of rotatable bonds is 8. The van der Waals surface area contributed by atoms with Gasteiger partial charge in [0.05, 0.1) is 6.61 Å². The van der Waals surface area contributed by atoms with Gasteiger partial charge in [-0.25, -0.2) is 0 Å². The zero-order valence-electron chi connectivity index (χ0n) is 19.2. The van der Waals surface area contributed by atoms with Crippen LogP contribution in [0.3, 0.4) is 0 Å². The van der Waals surface area contributed by atoms with Crippen molar-refractivity contribution in [2.45, 2.75) is 58.9 Å². The summed E-state index contributed by atoms with van der Waals surface area (Å²) in [6.45, 7) is 6.70. The summed E-state index contributed by atoms with van der Waals surface area (Å²) in [5.41, 5.74) is 6.10. The van der Waals surface area contributed by atoms with Crippen LogP contribution in [-0.4, -0.2) is 38.1 Å². The number of nitrogens with one attached hydrogen (secondary N) is 1. The van der Waals surface area contributed by atoms with Crippen molar-refractivity contribution in [2.24, 2.45) is 0 Å². The van der Waals surface area contributed by atoms with Gasteiger partial charge in [-0.1, -0.05) is 31.0 Å². The number of anilines is 1. The molecule has 0 aromatic heterocycles. The summed E-state index contributed by atoms with van der Waals surface area (Å²) in [5, 5.41) is 2.90. The minimum absolute atomic E-state index is 0.0721. The molecule has 1 saturated carbocycles. The van der Waals surface area contributed by atoms with E-state index in [1.807, 2.05) is 24.0 Å². The van der Waals surface area contributed by atoms with E-state index >= 15 is 0 Å². The van der Waals surface area contributed by atoms with Crippen LogP contribution >= 0.6 is 0 Å². The van der Waals surface area contributed by atoms with Crippen LogP contribution in [-0.2, 0) is 16.0 Å². The van der Waals surface area contributed by atoms with Crippen molar-refractivity contribution in [3.63, 3.8) is 0 Å². The summed E-state index contributed by atoms with van der Waals surface area (Å²) in [6.07, 6.45) is 5.30. The monoisotopic (exact) mass is 422 g/mol. The van der Waals surface area contributed by atoms with Crippen LogP contribution in [0.15, 0.2) is 36.4 Å². The number of carbonyl (C=O) groups is 2. The molecular formula is C26H34N2O3. The Balaban J connectivity index is 1.77. The van der Waals surface area contributed by atoms with Gasteiger partial charge < -0.3 is 15.0 Å². The second-order valence-corrected chi connectivity index (χ2v) is 8.51. The molecule has 2 aromatic carbocycles. The number of methoxy groups -OCH3 is 1. The largest absolute Gasteiger partial charge is 0.383 e. The fourth-order valence-electron chi connectivity index (χ4n) is 4.45. The molecule has 5 nitrogen and oxygen atoms in total. The molecule has 166 valence electrons. The van der Waals surface area contributed by atoms with Crippen molar-refractivity contribution in [1.82, 2.24) is 5.32 Å². The Morgan fingerprint density at radius 2 is 1.81 bits per heavy atom. The molecule has 0 spiro atoms. The van der Waals surface area contributed by atoms with E-state index in [9.17, 15) is 9.59 Å². The first-order chi connectivity index (χ1) is 14.9. The molecule has 0 unspecified atom stereocenters. The molecule has 2 amide bonds. The molecule has 2 aromatic rings. The predicted octanol–water partition coefficient (Wildman–Crippen LogP) is 4.57. The number of aryl methyl sites for hydroxylation is 2. The summed E-state index contributed by atoms with van der Waals surface area (Å²) >= 11 is 0. The summed E-state index contributed by atoms with van der Waals surface area (Å²) in [5.74, 6) is 0.0406. The van der Waals surface area contributed by atoms with E-state index in [-0.39, 0.29) is 11.8 Å². The average Bonchev–Trinajstić information content (AvgIpc) is 3.25. The highest BCUT2D eigenvalue weighted by atomic mass is 16.5. The van der Waals surface area contributed by atoms with E-state index in [1.165, 1.54) is 18.4 Å². The zero-order chi connectivity index (χ0) is 22.4. The van der Waals surface area contributed by atoms with Crippen molar-refractivity contribution in [2.75, 3.05) is 25.2 Å². The van der Waals surface area contributed by atoms with Gasteiger partial charge in [-0.15, -0.1) is 0 Å². The van der Waals surface area contributed by atoms with Crippen LogP contribution in [0.25, 0.3) is 0 Å². The molecule has 3 rings (SSSR count). The Labute approximate surface area is 185 Å². The topological polar surface area (TPSA) is 58.6 Å². The molecule has 0 radical (unpaired) electrons. The number of nitrogens with zero attached hydrogens (tertiary/aromatic N) is 1. The number of hydrogen-bond acceptors (Lipinski definition) is 3. The summed E-state index contributed by atoms with van der Waals surface area (Å²) < 4.78 is 5.01. The Morgan fingerprint density at radius 3 is 2.45 bits per heavy atom. The zero-order valence-corrected chi connectivity index (χ0v) is 19.2. The van der Waals surface area contributed by atoms with Crippen molar-refractivity contribution >= 4 is 17.5 Å². The maximum absolute atomic E-state index is 12.5. The van der Waals surface area contributed by atoms with Crippen molar-refractivity contribution in [1.29, 1.82) is 0 Å². The Hall–Kier alpha value is -2.66. The molecule has 0 saturated heterocycles. The van der Waals surface area contributed by atoms with Gasteiger partial charge in [-0.05, 0) is 73.6 Å². The van der Waals surface area contributed by atoms with Gasteiger partial charge in [-0.2, -0.15) is 0 Å². The van der Waals surface area contributed by atoms with Crippen LogP contribution in [0.4, 0.5) is 5.69 Å². The Bertz CT molecular complexity index is 932. The first-order valence-corrected chi connectivity index (χ1v) is 11.2. The fraction of sp³-hybridized carbons (Fsp3) is 0.462.